The number of benzene rings is 2. The average molecular weight is 346 g/mol. The van der Waals surface area contributed by atoms with Crippen LogP contribution < -0.4 is 14.2 Å². The lowest BCUT2D eigenvalue weighted by Gasteiger charge is -2.13. The van der Waals surface area contributed by atoms with Gasteiger partial charge in [0.2, 0.25) is 0 Å². The Labute approximate surface area is 141 Å². The number of nitrogens with zero attached hydrogens (tertiary/aromatic N) is 1. The standard InChI is InChI=1S/C17H18N2O4S/c1-3-22-16-9-8-15(11-17(16)23-4-2)24(20,21)19-14-7-5-6-13(10-14)12-18/h5-11,19H,3-4H2,1-2H3. The molecule has 1 N–H and O–H groups in total. The van der Waals surface area contributed by atoms with Gasteiger partial charge in [0.05, 0.1) is 35.4 Å². The van der Waals surface area contributed by atoms with E-state index in [1.54, 1.807) is 24.3 Å². The molecule has 0 bridgehead atoms. The largest absolute Gasteiger partial charge is 0.490 e. The molecule has 0 aliphatic rings. The maximum Gasteiger partial charge on any atom is 0.262 e. The fraction of sp³-hybridized carbons (Fsp3) is 0.235. The zero-order valence-electron chi connectivity index (χ0n) is 13.4. The summed E-state index contributed by atoms with van der Waals surface area (Å²) in [5.41, 5.74) is 0.692. The van der Waals surface area contributed by atoms with Crippen LogP contribution in [0.25, 0.3) is 0 Å². The first-order valence-electron chi connectivity index (χ1n) is 7.42. The van der Waals surface area contributed by atoms with Gasteiger partial charge in [-0.2, -0.15) is 5.26 Å². The zero-order valence-corrected chi connectivity index (χ0v) is 14.3. The van der Waals surface area contributed by atoms with Gasteiger partial charge in [-0.1, -0.05) is 6.07 Å². The van der Waals surface area contributed by atoms with Crippen LogP contribution in [0.2, 0.25) is 0 Å². The van der Waals surface area contributed by atoms with Crippen LogP contribution in [-0.4, -0.2) is 21.6 Å². The van der Waals surface area contributed by atoms with Gasteiger partial charge >= 0.3 is 0 Å². The van der Waals surface area contributed by atoms with Crippen LogP contribution in [0.15, 0.2) is 47.4 Å². The summed E-state index contributed by atoms with van der Waals surface area (Å²) in [7, 11) is -3.81. The molecule has 0 atom stereocenters. The van der Waals surface area contributed by atoms with Gasteiger partial charge in [-0.3, -0.25) is 4.72 Å². The van der Waals surface area contributed by atoms with E-state index in [-0.39, 0.29) is 4.90 Å². The molecule has 2 aromatic carbocycles. The van der Waals surface area contributed by atoms with Gasteiger partial charge in [-0.05, 0) is 44.2 Å². The van der Waals surface area contributed by atoms with Crippen molar-refractivity contribution in [2.45, 2.75) is 18.7 Å². The van der Waals surface area contributed by atoms with Gasteiger partial charge in [-0.15, -0.1) is 0 Å². The summed E-state index contributed by atoms with van der Waals surface area (Å²) in [5.74, 6) is 0.859. The van der Waals surface area contributed by atoms with E-state index in [4.69, 9.17) is 14.7 Å². The number of hydrogen-bond acceptors (Lipinski definition) is 5. The minimum Gasteiger partial charge on any atom is -0.490 e. The third-order valence-corrected chi connectivity index (χ3v) is 4.45. The molecule has 2 aromatic rings. The van der Waals surface area contributed by atoms with Crippen molar-refractivity contribution in [1.29, 1.82) is 5.26 Å². The lowest BCUT2D eigenvalue weighted by Crippen LogP contribution is -2.13. The molecule has 0 saturated heterocycles. The highest BCUT2D eigenvalue weighted by molar-refractivity contribution is 7.92. The molecule has 0 unspecified atom stereocenters. The molecule has 7 heteroatoms. The predicted molar refractivity (Wildman–Crippen MR) is 90.7 cm³/mol. The first-order chi connectivity index (χ1) is 11.5. The maximum absolute atomic E-state index is 12.5. The lowest BCUT2D eigenvalue weighted by atomic mass is 10.2. The molecule has 0 radical (unpaired) electrons. The number of anilines is 1. The number of ether oxygens (including phenoxy) is 2. The van der Waals surface area contributed by atoms with Crippen LogP contribution in [0, 0.1) is 11.3 Å². The molecule has 0 amide bonds. The fourth-order valence-electron chi connectivity index (χ4n) is 2.06. The molecule has 0 aromatic heterocycles. The molecular formula is C17H18N2O4S. The molecule has 0 heterocycles. The minimum absolute atomic E-state index is 0.0526. The first kappa shape index (κ1) is 17.6. The highest BCUT2D eigenvalue weighted by Crippen LogP contribution is 2.31. The Balaban J connectivity index is 2.34. The summed E-state index contributed by atoms with van der Waals surface area (Å²) in [6, 6.07) is 12.7. The van der Waals surface area contributed by atoms with E-state index in [1.807, 2.05) is 19.9 Å². The Hall–Kier alpha value is -2.72. The Morgan fingerprint density at radius 1 is 1.04 bits per heavy atom. The third kappa shape index (κ3) is 4.18. The van der Waals surface area contributed by atoms with Crippen LogP contribution in [0.3, 0.4) is 0 Å². The summed E-state index contributed by atoms with van der Waals surface area (Å²) in [5, 5.41) is 8.90. The van der Waals surface area contributed by atoms with E-state index in [0.29, 0.717) is 36.0 Å². The van der Waals surface area contributed by atoms with Gasteiger partial charge < -0.3 is 9.47 Å². The molecule has 24 heavy (non-hydrogen) atoms. The maximum atomic E-state index is 12.5. The normalized spacial score (nSPS) is 10.7. The summed E-state index contributed by atoms with van der Waals surface area (Å²) in [6.45, 7) is 4.49. The second-order valence-corrected chi connectivity index (χ2v) is 6.46. The number of hydrogen-bond donors (Lipinski definition) is 1. The quantitative estimate of drug-likeness (QED) is 0.832. The van der Waals surface area contributed by atoms with Crippen LogP contribution in [0.5, 0.6) is 11.5 Å². The van der Waals surface area contributed by atoms with Gasteiger partial charge in [0.15, 0.2) is 11.5 Å². The number of rotatable bonds is 7. The third-order valence-electron chi connectivity index (χ3n) is 3.07. The smallest absolute Gasteiger partial charge is 0.262 e. The van der Waals surface area contributed by atoms with Crippen molar-refractivity contribution in [2.24, 2.45) is 0 Å². The zero-order chi connectivity index (χ0) is 17.6. The van der Waals surface area contributed by atoms with E-state index in [0.717, 1.165) is 0 Å². The molecular weight excluding hydrogens is 328 g/mol. The average Bonchev–Trinajstić information content (AvgIpc) is 2.56. The highest BCUT2D eigenvalue weighted by atomic mass is 32.2. The van der Waals surface area contributed by atoms with Crippen molar-refractivity contribution < 1.29 is 17.9 Å². The van der Waals surface area contributed by atoms with Crippen LogP contribution in [0.4, 0.5) is 5.69 Å². The van der Waals surface area contributed by atoms with Crippen molar-refractivity contribution in [3.63, 3.8) is 0 Å². The van der Waals surface area contributed by atoms with E-state index in [1.165, 1.54) is 18.2 Å². The SMILES string of the molecule is CCOc1ccc(S(=O)(=O)Nc2cccc(C#N)c2)cc1OCC. The van der Waals surface area contributed by atoms with Gasteiger partial charge in [0.25, 0.3) is 10.0 Å². The Kier molecular flexibility index (Phi) is 5.66. The van der Waals surface area contributed by atoms with Crippen molar-refractivity contribution in [3.05, 3.63) is 48.0 Å². The highest BCUT2D eigenvalue weighted by Gasteiger charge is 2.17. The summed E-state index contributed by atoms with van der Waals surface area (Å²) >= 11 is 0. The van der Waals surface area contributed by atoms with Crippen LogP contribution in [0.1, 0.15) is 19.4 Å². The Morgan fingerprint density at radius 2 is 1.75 bits per heavy atom. The van der Waals surface area contributed by atoms with Crippen LogP contribution >= 0.6 is 0 Å². The predicted octanol–water partition coefficient (Wildman–Crippen LogP) is 3.16. The second-order valence-electron chi connectivity index (χ2n) is 4.77. The molecule has 0 aliphatic heterocycles. The fourth-order valence-corrected chi connectivity index (χ4v) is 3.13. The molecule has 0 spiro atoms. The van der Waals surface area contributed by atoms with E-state index >= 15 is 0 Å². The number of nitriles is 1. The monoisotopic (exact) mass is 346 g/mol. The molecule has 0 saturated carbocycles. The van der Waals surface area contributed by atoms with Crippen molar-refractivity contribution >= 4 is 15.7 Å². The summed E-state index contributed by atoms with van der Waals surface area (Å²) in [6.07, 6.45) is 0. The second kappa shape index (κ2) is 7.70. The van der Waals surface area contributed by atoms with Gasteiger partial charge in [0.1, 0.15) is 0 Å². The molecule has 2 rings (SSSR count). The van der Waals surface area contributed by atoms with E-state index < -0.39 is 10.0 Å². The molecule has 6 nitrogen and oxygen atoms in total. The topological polar surface area (TPSA) is 88.4 Å². The summed E-state index contributed by atoms with van der Waals surface area (Å²) < 4.78 is 38.4. The number of nitrogens with one attached hydrogen (secondary N) is 1. The van der Waals surface area contributed by atoms with Crippen molar-refractivity contribution in [2.75, 3.05) is 17.9 Å². The van der Waals surface area contributed by atoms with Gasteiger partial charge in [-0.25, -0.2) is 8.42 Å². The van der Waals surface area contributed by atoms with Crippen molar-refractivity contribution in [1.82, 2.24) is 0 Å². The first-order valence-corrected chi connectivity index (χ1v) is 8.91. The Morgan fingerprint density at radius 3 is 2.42 bits per heavy atom. The van der Waals surface area contributed by atoms with E-state index in [2.05, 4.69) is 4.72 Å². The minimum atomic E-state index is -3.81. The molecule has 126 valence electrons. The lowest BCUT2D eigenvalue weighted by molar-refractivity contribution is 0.287. The number of sulfonamides is 1. The van der Waals surface area contributed by atoms with E-state index in [9.17, 15) is 8.42 Å². The van der Waals surface area contributed by atoms with Crippen molar-refractivity contribution in [3.8, 4) is 17.6 Å². The molecule has 0 fully saturated rings. The Bertz CT molecular complexity index is 857. The van der Waals surface area contributed by atoms with Crippen LogP contribution in [-0.2, 0) is 10.0 Å². The molecule has 0 aliphatic carbocycles. The summed E-state index contributed by atoms with van der Waals surface area (Å²) in [4.78, 5) is 0.0526. The van der Waals surface area contributed by atoms with Gasteiger partial charge in [0, 0.05) is 6.07 Å².